The van der Waals surface area contributed by atoms with Crippen molar-refractivity contribution in [3.05, 3.63) is 58.4 Å². The van der Waals surface area contributed by atoms with E-state index < -0.39 is 0 Å². The molecule has 1 N–H and O–H groups in total. The number of hydrogen-bond acceptors (Lipinski definition) is 8. The van der Waals surface area contributed by atoms with Crippen LogP contribution in [0.5, 0.6) is 5.75 Å². The molecule has 154 valence electrons. The van der Waals surface area contributed by atoms with Gasteiger partial charge in [0.1, 0.15) is 5.75 Å². The Labute approximate surface area is 185 Å². The lowest BCUT2D eigenvalue weighted by molar-refractivity contribution is -0.113. The van der Waals surface area contributed by atoms with E-state index in [1.807, 2.05) is 18.2 Å². The molecule has 7 nitrogen and oxygen atoms in total. The Kier molecular flexibility index (Phi) is 6.51. The number of fused-ring (bicyclic) bond motifs is 1. The van der Waals surface area contributed by atoms with Crippen molar-refractivity contribution in [2.75, 3.05) is 18.2 Å². The first-order valence-corrected chi connectivity index (χ1v) is 11.2. The summed E-state index contributed by atoms with van der Waals surface area (Å²) >= 11 is 8.92. The summed E-state index contributed by atoms with van der Waals surface area (Å²) in [6, 6.07) is 13.1. The molecule has 30 heavy (non-hydrogen) atoms. The number of aromatic nitrogens is 3. The van der Waals surface area contributed by atoms with Crippen molar-refractivity contribution in [1.29, 1.82) is 0 Å². The monoisotopic (exact) mass is 460 g/mol. The van der Waals surface area contributed by atoms with Crippen molar-refractivity contribution in [2.24, 2.45) is 0 Å². The maximum absolute atomic E-state index is 12.2. The van der Waals surface area contributed by atoms with Gasteiger partial charge >= 0.3 is 0 Å². The second-order valence-electron chi connectivity index (χ2n) is 6.22. The lowest BCUT2D eigenvalue weighted by Crippen LogP contribution is -2.14. The fourth-order valence-electron chi connectivity index (χ4n) is 2.71. The van der Waals surface area contributed by atoms with Crippen LogP contribution in [-0.4, -0.2) is 34.0 Å². The number of para-hydroxylation sites is 1. The zero-order chi connectivity index (χ0) is 20.9. The Morgan fingerprint density at radius 1 is 1.23 bits per heavy atom. The second-order valence-corrected chi connectivity index (χ2v) is 8.67. The van der Waals surface area contributed by atoms with Crippen LogP contribution in [0.1, 0.15) is 10.9 Å². The number of rotatable bonds is 8. The van der Waals surface area contributed by atoms with Crippen LogP contribution < -0.4 is 10.1 Å². The number of ether oxygens (including phenoxy) is 1. The summed E-state index contributed by atoms with van der Waals surface area (Å²) in [6.45, 7) is 0. The van der Waals surface area contributed by atoms with Gasteiger partial charge in [0.15, 0.2) is 0 Å². The normalized spacial score (nSPS) is 11.0. The van der Waals surface area contributed by atoms with E-state index in [1.165, 1.54) is 23.6 Å². The highest BCUT2D eigenvalue weighted by Crippen LogP contribution is 2.27. The highest BCUT2D eigenvalue weighted by molar-refractivity contribution is 7.99. The largest absolute Gasteiger partial charge is 0.495 e. The molecule has 4 rings (SSSR count). The maximum Gasteiger partial charge on any atom is 0.277 e. The third-order valence-electron chi connectivity index (χ3n) is 4.10. The van der Waals surface area contributed by atoms with Gasteiger partial charge < -0.3 is 14.5 Å². The van der Waals surface area contributed by atoms with Crippen LogP contribution in [-0.2, 0) is 17.6 Å². The van der Waals surface area contributed by atoms with Crippen molar-refractivity contribution < 1.29 is 13.9 Å². The van der Waals surface area contributed by atoms with Gasteiger partial charge in [-0.1, -0.05) is 35.5 Å². The van der Waals surface area contributed by atoms with Gasteiger partial charge in [-0.25, -0.2) is 4.98 Å². The lowest BCUT2D eigenvalue weighted by Gasteiger charge is -2.07. The molecule has 0 unspecified atom stereocenters. The van der Waals surface area contributed by atoms with Crippen LogP contribution in [0.4, 0.5) is 5.69 Å². The van der Waals surface area contributed by atoms with E-state index in [0.717, 1.165) is 16.9 Å². The minimum atomic E-state index is -0.199. The Morgan fingerprint density at radius 2 is 2.10 bits per heavy atom. The standard InChI is InChI=1S/C20H17ClN4O3S2/c1-27-15-7-6-12(10-13(15)21)22-17(26)11-29-20-25-24-18(28-20)8-9-19-23-14-4-2-3-5-16(14)30-19/h2-7,10H,8-9,11H2,1H3,(H,22,26). The Bertz CT molecular complexity index is 1140. The molecule has 2 aromatic carbocycles. The predicted octanol–water partition coefficient (Wildman–Crippen LogP) is 4.86. The number of thiazole rings is 1. The van der Waals surface area contributed by atoms with E-state index >= 15 is 0 Å². The van der Waals surface area contributed by atoms with Crippen molar-refractivity contribution >= 4 is 56.5 Å². The van der Waals surface area contributed by atoms with Gasteiger partial charge in [0, 0.05) is 18.5 Å². The number of carbonyl (C=O) groups excluding carboxylic acids is 1. The molecular weight excluding hydrogens is 444 g/mol. The summed E-state index contributed by atoms with van der Waals surface area (Å²) in [5, 5.41) is 12.6. The molecule has 0 bridgehead atoms. The topological polar surface area (TPSA) is 90.1 Å². The number of aryl methyl sites for hydroxylation is 2. The highest BCUT2D eigenvalue weighted by atomic mass is 35.5. The quantitative estimate of drug-likeness (QED) is 0.375. The molecule has 10 heteroatoms. The highest BCUT2D eigenvalue weighted by Gasteiger charge is 2.12. The lowest BCUT2D eigenvalue weighted by atomic mass is 10.3. The van der Waals surface area contributed by atoms with Gasteiger partial charge in [0.25, 0.3) is 5.22 Å². The van der Waals surface area contributed by atoms with Gasteiger partial charge in [0.2, 0.25) is 11.8 Å². The van der Waals surface area contributed by atoms with Crippen LogP contribution in [0.25, 0.3) is 10.2 Å². The number of thioether (sulfide) groups is 1. The zero-order valence-corrected chi connectivity index (χ0v) is 18.3. The number of halogens is 1. The van der Waals surface area contributed by atoms with Gasteiger partial charge in [-0.05, 0) is 30.3 Å². The van der Waals surface area contributed by atoms with E-state index in [-0.39, 0.29) is 11.7 Å². The molecule has 4 aromatic rings. The van der Waals surface area contributed by atoms with Crippen molar-refractivity contribution in [1.82, 2.24) is 15.2 Å². The third-order valence-corrected chi connectivity index (χ3v) is 6.31. The Morgan fingerprint density at radius 3 is 2.90 bits per heavy atom. The Hall–Kier alpha value is -2.62. The van der Waals surface area contributed by atoms with E-state index in [4.69, 9.17) is 20.8 Å². The first kappa shape index (κ1) is 20.6. The van der Waals surface area contributed by atoms with Gasteiger partial charge in [-0.3, -0.25) is 4.79 Å². The number of nitrogens with one attached hydrogen (secondary N) is 1. The molecule has 0 aliphatic rings. The van der Waals surface area contributed by atoms with E-state index in [9.17, 15) is 4.79 Å². The molecule has 2 heterocycles. The summed E-state index contributed by atoms with van der Waals surface area (Å²) in [5.74, 6) is 1.02. The van der Waals surface area contributed by atoms with Crippen LogP contribution >= 0.6 is 34.7 Å². The average molecular weight is 461 g/mol. The molecule has 0 aliphatic carbocycles. The number of amides is 1. The number of methoxy groups -OCH3 is 1. The van der Waals surface area contributed by atoms with Gasteiger partial charge in [-0.2, -0.15) is 0 Å². The molecule has 1 amide bonds. The van der Waals surface area contributed by atoms with E-state index in [2.05, 4.69) is 26.6 Å². The number of nitrogens with zero attached hydrogens (tertiary/aromatic N) is 3. The fraction of sp³-hybridized carbons (Fsp3) is 0.200. The fourth-order valence-corrected chi connectivity index (χ4v) is 4.51. The molecule has 0 spiro atoms. The molecule has 0 atom stereocenters. The summed E-state index contributed by atoms with van der Waals surface area (Å²) < 4.78 is 11.9. The van der Waals surface area contributed by atoms with Gasteiger partial charge in [-0.15, -0.1) is 21.5 Å². The van der Waals surface area contributed by atoms with Crippen LogP contribution in [0, 0.1) is 0 Å². The smallest absolute Gasteiger partial charge is 0.277 e. The van der Waals surface area contributed by atoms with Crippen LogP contribution in [0.15, 0.2) is 52.1 Å². The van der Waals surface area contributed by atoms with Crippen LogP contribution in [0.3, 0.4) is 0 Å². The third kappa shape index (κ3) is 5.10. The second kappa shape index (κ2) is 9.46. The number of benzene rings is 2. The van der Waals surface area contributed by atoms with E-state index in [0.29, 0.717) is 34.0 Å². The van der Waals surface area contributed by atoms with E-state index in [1.54, 1.807) is 29.5 Å². The summed E-state index contributed by atoms with van der Waals surface area (Å²) in [7, 11) is 1.54. The average Bonchev–Trinajstić information content (AvgIpc) is 3.37. The zero-order valence-electron chi connectivity index (χ0n) is 15.9. The van der Waals surface area contributed by atoms with Crippen LogP contribution in [0.2, 0.25) is 5.02 Å². The van der Waals surface area contributed by atoms with Crippen molar-refractivity contribution in [3.63, 3.8) is 0 Å². The summed E-state index contributed by atoms with van der Waals surface area (Å²) in [4.78, 5) is 16.8. The molecule has 0 fully saturated rings. The number of anilines is 1. The maximum atomic E-state index is 12.2. The van der Waals surface area contributed by atoms with Crippen molar-refractivity contribution in [2.45, 2.75) is 18.1 Å². The van der Waals surface area contributed by atoms with Gasteiger partial charge in [0.05, 0.1) is 33.1 Å². The minimum Gasteiger partial charge on any atom is -0.495 e. The minimum absolute atomic E-state index is 0.142. The molecule has 0 aliphatic heterocycles. The molecule has 0 saturated heterocycles. The first-order chi connectivity index (χ1) is 14.6. The Balaban J connectivity index is 1.26. The number of carbonyl (C=O) groups is 1. The molecular formula is C20H17ClN4O3S2. The summed E-state index contributed by atoms with van der Waals surface area (Å²) in [6.07, 6.45) is 1.33. The first-order valence-electron chi connectivity index (χ1n) is 9.04. The number of hydrogen-bond donors (Lipinski definition) is 1. The predicted molar refractivity (Wildman–Crippen MR) is 119 cm³/mol. The SMILES string of the molecule is COc1ccc(NC(=O)CSc2nnc(CCc3nc4ccccc4s3)o2)cc1Cl. The molecule has 0 radical (unpaired) electrons. The molecule has 2 aromatic heterocycles. The molecule has 0 saturated carbocycles. The van der Waals surface area contributed by atoms with Crippen molar-refractivity contribution in [3.8, 4) is 5.75 Å². The summed E-state index contributed by atoms with van der Waals surface area (Å²) in [5.41, 5.74) is 1.59.